The largest absolute Gasteiger partial charge is 0.490 e. The number of aryl methyl sites for hydroxylation is 1. The molecule has 1 N–H and O–H groups in total. The monoisotopic (exact) mass is 345 g/mol. The van der Waals surface area contributed by atoms with Gasteiger partial charge in [-0.15, -0.1) is 0 Å². The minimum Gasteiger partial charge on any atom is -0.490 e. The maximum atomic E-state index is 12.9. The van der Waals surface area contributed by atoms with Gasteiger partial charge in [-0.2, -0.15) is 0 Å². The Bertz CT molecular complexity index is 686. The van der Waals surface area contributed by atoms with Crippen LogP contribution in [0.3, 0.4) is 0 Å². The van der Waals surface area contributed by atoms with Gasteiger partial charge < -0.3 is 14.8 Å². The van der Waals surface area contributed by atoms with Crippen LogP contribution in [0.4, 0.5) is 4.39 Å². The molecule has 0 atom stereocenters. The maximum absolute atomic E-state index is 12.9. The molecule has 0 spiro atoms. The predicted molar refractivity (Wildman–Crippen MR) is 95.3 cm³/mol. The van der Waals surface area contributed by atoms with E-state index in [0.29, 0.717) is 44.1 Å². The summed E-state index contributed by atoms with van der Waals surface area (Å²) in [6, 6.07) is 11.8. The summed E-state index contributed by atoms with van der Waals surface area (Å²) in [5.74, 6) is 1.09. The molecule has 2 aromatic carbocycles. The van der Waals surface area contributed by atoms with Gasteiger partial charge >= 0.3 is 0 Å². The summed E-state index contributed by atoms with van der Waals surface area (Å²) in [5, 5.41) is 2.84. The smallest absolute Gasteiger partial charge is 0.220 e. The van der Waals surface area contributed by atoms with E-state index in [1.54, 1.807) is 12.1 Å². The lowest BCUT2D eigenvalue weighted by atomic mass is 10.1. The van der Waals surface area contributed by atoms with Gasteiger partial charge in [-0.25, -0.2) is 4.39 Å². The van der Waals surface area contributed by atoms with Gasteiger partial charge in [-0.3, -0.25) is 4.79 Å². The lowest BCUT2D eigenvalue weighted by Crippen LogP contribution is -2.23. The van der Waals surface area contributed by atoms with E-state index in [4.69, 9.17) is 9.47 Å². The second-order valence-electron chi connectivity index (χ2n) is 5.55. The summed E-state index contributed by atoms with van der Waals surface area (Å²) in [6.07, 6.45) is 0.989. The SMILES string of the molecule is CCOc1ccc(CCC(=O)NCc2ccc(F)cc2)cc1OCC. The van der Waals surface area contributed by atoms with Crippen LogP contribution in [0, 0.1) is 5.82 Å². The summed E-state index contributed by atoms with van der Waals surface area (Å²) < 4.78 is 24.0. The van der Waals surface area contributed by atoms with Crippen molar-refractivity contribution < 1.29 is 18.7 Å². The van der Waals surface area contributed by atoms with Crippen LogP contribution in [0.15, 0.2) is 42.5 Å². The summed E-state index contributed by atoms with van der Waals surface area (Å²) in [6.45, 7) is 5.37. The number of benzene rings is 2. The molecule has 0 saturated heterocycles. The van der Waals surface area contributed by atoms with Crippen LogP contribution in [0.1, 0.15) is 31.4 Å². The van der Waals surface area contributed by atoms with Crippen molar-refractivity contribution in [2.75, 3.05) is 13.2 Å². The molecule has 4 nitrogen and oxygen atoms in total. The van der Waals surface area contributed by atoms with Gasteiger partial charge in [0.1, 0.15) is 5.82 Å². The van der Waals surface area contributed by atoms with E-state index in [0.717, 1.165) is 11.1 Å². The molecule has 0 heterocycles. The lowest BCUT2D eigenvalue weighted by Gasteiger charge is -2.12. The van der Waals surface area contributed by atoms with E-state index in [1.807, 2.05) is 32.0 Å². The average molecular weight is 345 g/mol. The van der Waals surface area contributed by atoms with Crippen molar-refractivity contribution in [2.24, 2.45) is 0 Å². The van der Waals surface area contributed by atoms with Gasteiger partial charge in [0.05, 0.1) is 13.2 Å². The van der Waals surface area contributed by atoms with Crippen molar-refractivity contribution in [1.29, 1.82) is 0 Å². The summed E-state index contributed by atoms with van der Waals surface area (Å²) in [4.78, 5) is 12.0. The van der Waals surface area contributed by atoms with E-state index >= 15 is 0 Å². The number of halogens is 1. The molecule has 1 amide bonds. The van der Waals surface area contributed by atoms with Crippen LogP contribution >= 0.6 is 0 Å². The Balaban J connectivity index is 1.86. The van der Waals surface area contributed by atoms with Crippen molar-refractivity contribution in [3.63, 3.8) is 0 Å². The van der Waals surface area contributed by atoms with Gasteiger partial charge in [0.15, 0.2) is 11.5 Å². The number of carbonyl (C=O) groups excluding carboxylic acids is 1. The lowest BCUT2D eigenvalue weighted by molar-refractivity contribution is -0.121. The number of ether oxygens (including phenoxy) is 2. The van der Waals surface area contributed by atoms with E-state index in [1.165, 1.54) is 12.1 Å². The average Bonchev–Trinajstić information content (AvgIpc) is 2.62. The number of hydrogen-bond donors (Lipinski definition) is 1. The fourth-order valence-corrected chi connectivity index (χ4v) is 2.40. The Morgan fingerprint density at radius 3 is 2.28 bits per heavy atom. The molecular formula is C20H24FNO3. The third-order valence-corrected chi connectivity index (χ3v) is 3.65. The number of hydrogen-bond acceptors (Lipinski definition) is 3. The van der Waals surface area contributed by atoms with Crippen LogP contribution in [-0.2, 0) is 17.8 Å². The van der Waals surface area contributed by atoms with E-state index in [-0.39, 0.29) is 11.7 Å². The second-order valence-corrected chi connectivity index (χ2v) is 5.55. The van der Waals surface area contributed by atoms with Crippen LogP contribution in [0.2, 0.25) is 0 Å². The zero-order valence-corrected chi connectivity index (χ0v) is 14.7. The van der Waals surface area contributed by atoms with E-state index < -0.39 is 0 Å². The van der Waals surface area contributed by atoms with Gasteiger partial charge in [0.2, 0.25) is 5.91 Å². The second kappa shape index (κ2) is 9.67. The highest BCUT2D eigenvalue weighted by Crippen LogP contribution is 2.28. The first kappa shape index (κ1) is 18.8. The molecule has 0 bridgehead atoms. The molecule has 0 saturated carbocycles. The van der Waals surface area contributed by atoms with Crippen LogP contribution in [-0.4, -0.2) is 19.1 Å². The van der Waals surface area contributed by atoms with Gasteiger partial charge in [-0.1, -0.05) is 18.2 Å². The topological polar surface area (TPSA) is 47.6 Å². The first-order chi connectivity index (χ1) is 12.1. The summed E-state index contributed by atoms with van der Waals surface area (Å²) in [7, 11) is 0. The Labute approximate surface area is 148 Å². The predicted octanol–water partition coefficient (Wildman–Crippen LogP) is 3.87. The fraction of sp³-hybridized carbons (Fsp3) is 0.350. The molecule has 25 heavy (non-hydrogen) atoms. The first-order valence-corrected chi connectivity index (χ1v) is 8.52. The molecule has 0 aromatic heterocycles. The van der Waals surface area contributed by atoms with Crippen molar-refractivity contribution >= 4 is 5.91 Å². The normalized spacial score (nSPS) is 10.4. The first-order valence-electron chi connectivity index (χ1n) is 8.52. The van der Waals surface area contributed by atoms with Crippen molar-refractivity contribution in [1.82, 2.24) is 5.32 Å². The molecule has 0 fully saturated rings. The Kier molecular flexibility index (Phi) is 7.26. The molecule has 0 aliphatic rings. The molecule has 5 heteroatoms. The fourth-order valence-electron chi connectivity index (χ4n) is 2.40. The quantitative estimate of drug-likeness (QED) is 0.750. The number of nitrogens with one attached hydrogen (secondary N) is 1. The Hall–Kier alpha value is -2.56. The summed E-state index contributed by atoms with van der Waals surface area (Å²) in [5.41, 5.74) is 1.89. The van der Waals surface area contributed by atoms with Gasteiger partial charge in [0, 0.05) is 13.0 Å². The minimum atomic E-state index is -0.282. The molecule has 2 rings (SSSR count). The molecule has 0 radical (unpaired) electrons. The van der Waals surface area contributed by atoms with Gasteiger partial charge in [-0.05, 0) is 55.7 Å². The zero-order chi connectivity index (χ0) is 18.1. The molecule has 2 aromatic rings. The number of rotatable bonds is 9. The van der Waals surface area contributed by atoms with Crippen LogP contribution in [0.25, 0.3) is 0 Å². The van der Waals surface area contributed by atoms with Crippen molar-refractivity contribution in [3.8, 4) is 11.5 Å². The molecule has 134 valence electrons. The van der Waals surface area contributed by atoms with Crippen LogP contribution in [0.5, 0.6) is 11.5 Å². The Morgan fingerprint density at radius 1 is 0.960 bits per heavy atom. The van der Waals surface area contributed by atoms with E-state index in [2.05, 4.69) is 5.32 Å². The number of carbonyl (C=O) groups is 1. The maximum Gasteiger partial charge on any atom is 0.220 e. The highest BCUT2D eigenvalue weighted by Gasteiger charge is 2.08. The molecular weight excluding hydrogens is 321 g/mol. The number of amides is 1. The summed E-state index contributed by atoms with van der Waals surface area (Å²) >= 11 is 0. The van der Waals surface area contributed by atoms with Crippen molar-refractivity contribution in [3.05, 3.63) is 59.4 Å². The van der Waals surface area contributed by atoms with Crippen molar-refractivity contribution in [2.45, 2.75) is 33.2 Å². The molecule has 0 unspecified atom stereocenters. The third kappa shape index (κ3) is 6.10. The standard InChI is InChI=1S/C20H24FNO3/c1-3-24-18-11-7-15(13-19(18)25-4-2)8-12-20(23)22-14-16-5-9-17(21)10-6-16/h5-7,9-11,13H,3-4,8,12,14H2,1-2H3,(H,22,23). The highest BCUT2D eigenvalue weighted by molar-refractivity contribution is 5.76. The van der Waals surface area contributed by atoms with Crippen LogP contribution < -0.4 is 14.8 Å². The highest BCUT2D eigenvalue weighted by atomic mass is 19.1. The minimum absolute atomic E-state index is 0.0452. The Morgan fingerprint density at radius 2 is 1.60 bits per heavy atom. The third-order valence-electron chi connectivity index (χ3n) is 3.65. The molecule has 0 aliphatic heterocycles. The van der Waals surface area contributed by atoms with E-state index in [9.17, 15) is 9.18 Å². The van der Waals surface area contributed by atoms with Gasteiger partial charge in [0.25, 0.3) is 0 Å². The molecule has 0 aliphatic carbocycles. The zero-order valence-electron chi connectivity index (χ0n) is 14.7.